The normalized spacial score (nSPS) is 10.1. The van der Waals surface area contributed by atoms with Crippen LogP contribution in [0.2, 0.25) is 0 Å². The molecule has 3 heteroatoms. The van der Waals surface area contributed by atoms with Crippen molar-refractivity contribution in [2.24, 2.45) is 0 Å². The second-order valence-electron chi connectivity index (χ2n) is 3.19. The largest absolute Gasteiger partial charge is 0.504 e. The predicted octanol–water partition coefficient (Wildman–Crippen LogP) is 1.72. The lowest BCUT2D eigenvalue weighted by Crippen LogP contribution is -1.90. The van der Waals surface area contributed by atoms with Crippen LogP contribution in [-0.4, -0.2) is 23.9 Å². The molecule has 0 amide bonds. The number of unbranched alkanes of at least 4 members (excludes halogenated alkanes) is 1. The topological polar surface area (TPSA) is 49.7 Å². The second kappa shape index (κ2) is 5.50. The van der Waals surface area contributed by atoms with Crippen LogP contribution in [0.25, 0.3) is 0 Å². The van der Waals surface area contributed by atoms with Gasteiger partial charge in [0.2, 0.25) is 0 Å². The van der Waals surface area contributed by atoms with Crippen LogP contribution >= 0.6 is 0 Å². The zero-order valence-electron chi connectivity index (χ0n) is 8.36. The van der Waals surface area contributed by atoms with Gasteiger partial charge in [-0.25, -0.2) is 0 Å². The third-order valence-electron chi connectivity index (χ3n) is 2.12. The summed E-state index contributed by atoms with van der Waals surface area (Å²) in [6.45, 7) is 0.231. The first kappa shape index (κ1) is 10.9. The Morgan fingerprint density at radius 2 is 2.07 bits per heavy atom. The molecule has 2 N–H and O–H groups in total. The molecule has 1 rings (SSSR count). The van der Waals surface area contributed by atoms with Gasteiger partial charge in [-0.05, 0) is 37.0 Å². The van der Waals surface area contributed by atoms with Gasteiger partial charge in [0.15, 0.2) is 11.5 Å². The van der Waals surface area contributed by atoms with Gasteiger partial charge in [0.25, 0.3) is 0 Å². The van der Waals surface area contributed by atoms with Crippen LogP contribution in [-0.2, 0) is 6.42 Å². The Morgan fingerprint density at radius 1 is 1.29 bits per heavy atom. The molecule has 0 unspecified atom stereocenters. The molecule has 78 valence electrons. The minimum absolute atomic E-state index is 0.165. The summed E-state index contributed by atoms with van der Waals surface area (Å²) in [6.07, 6.45) is 2.66. The second-order valence-corrected chi connectivity index (χ2v) is 3.19. The van der Waals surface area contributed by atoms with Gasteiger partial charge >= 0.3 is 0 Å². The maximum Gasteiger partial charge on any atom is 0.160 e. The van der Waals surface area contributed by atoms with Crippen LogP contribution < -0.4 is 4.74 Å². The van der Waals surface area contributed by atoms with E-state index in [1.54, 1.807) is 6.07 Å². The lowest BCUT2D eigenvalue weighted by atomic mass is 10.1. The highest BCUT2D eigenvalue weighted by Gasteiger charge is 2.01. The average molecular weight is 196 g/mol. The Kier molecular flexibility index (Phi) is 4.26. The van der Waals surface area contributed by atoms with Crippen LogP contribution in [0.1, 0.15) is 18.4 Å². The number of hydrogen-bond acceptors (Lipinski definition) is 3. The number of aromatic hydroxyl groups is 1. The average Bonchev–Trinajstić information content (AvgIpc) is 2.21. The lowest BCUT2D eigenvalue weighted by Gasteiger charge is -2.06. The fourth-order valence-corrected chi connectivity index (χ4v) is 1.32. The number of rotatable bonds is 5. The van der Waals surface area contributed by atoms with Crippen LogP contribution in [0.5, 0.6) is 11.5 Å². The SMILES string of the molecule is COc1cc(CCCCO)ccc1O. The molecule has 0 bridgehead atoms. The van der Waals surface area contributed by atoms with Crippen molar-refractivity contribution in [3.8, 4) is 11.5 Å². The number of phenolic OH excluding ortho intramolecular Hbond substituents is 1. The van der Waals surface area contributed by atoms with Crippen LogP contribution in [0.3, 0.4) is 0 Å². The highest BCUT2D eigenvalue weighted by molar-refractivity contribution is 5.41. The van der Waals surface area contributed by atoms with Crippen LogP contribution in [0.15, 0.2) is 18.2 Å². The molecule has 0 saturated heterocycles. The van der Waals surface area contributed by atoms with E-state index >= 15 is 0 Å². The number of aryl methyl sites for hydroxylation is 1. The fourth-order valence-electron chi connectivity index (χ4n) is 1.32. The summed E-state index contributed by atoms with van der Waals surface area (Å²) in [5.41, 5.74) is 1.12. The Morgan fingerprint density at radius 3 is 2.71 bits per heavy atom. The van der Waals surface area contributed by atoms with E-state index in [-0.39, 0.29) is 12.4 Å². The van der Waals surface area contributed by atoms with Gasteiger partial charge in [0, 0.05) is 6.61 Å². The Balaban J connectivity index is 2.60. The third kappa shape index (κ3) is 2.92. The number of aliphatic hydroxyl groups excluding tert-OH is 1. The zero-order chi connectivity index (χ0) is 10.4. The first-order chi connectivity index (χ1) is 6.77. The summed E-state index contributed by atoms with van der Waals surface area (Å²) in [4.78, 5) is 0. The fraction of sp³-hybridized carbons (Fsp3) is 0.455. The van der Waals surface area contributed by atoms with Gasteiger partial charge in [0.1, 0.15) is 0 Å². The van der Waals surface area contributed by atoms with Crippen molar-refractivity contribution in [3.63, 3.8) is 0 Å². The minimum Gasteiger partial charge on any atom is -0.504 e. The van der Waals surface area contributed by atoms with E-state index in [1.807, 2.05) is 12.1 Å². The molecule has 0 aromatic heterocycles. The molecular weight excluding hydrogens is 180 g/mol. The highest BCUT2D eigenvalue weighted by Crippen LogP contribution is 2.26. The summed E-state index contributed by atoms with van der Waals surface area (Å²) in [7, 11) is 1.53. The van der Waals surface area contributed by atoms with E-state index in [0.717, 1.165) is 24.8 Å². The summed E-state index contributed by atoms with van der Waals surface area (Å²) >= 11 is 0. The number of phenols is 1. The molecule has 0 radical (unpaired) electrons. The van der Waals surface area contributed by atoms with E-state index in [2.05, 4.69) is 0 Å². The van der Waals surface area contributed by atoms with Crippen LogP contribution in [0, 0.1) is 0 Å². The predicted molar refractivity (Wildman–Crippen MR) is 54.7 cm³/mol. The molecule has 14 heavy (non-hydrogen) atoms. The molecule has 0 spiro atoms. The van der Waals surface area contributed by atoms with E-state index in [1.165, 1.54) is 7.11 Å². The quantitative estimate of drug-likeness (QED) is 0.705. The smallest absolute Gasteiger partial charge is 0.160 e. The number of benzene rings is 1. The molecule has 0 atom stereocenters. The molecule has 3 nitrogen and oxygen atoms in total. The van der Waals surface area contributed by atoms with Crippen molar-refractivity contribution < 1.29 is 14.9 Å². The maximum atomic E-state index is 9.34. The van der Waals surface area contributed by atoms with Crippen molar-refractivity contribution in [1.29, 1.82) is 0 Å². The molecule has 0 aliphatic carbocycles. The van der Waals surface area contributed by atoms with E-state index in [9.17, 15) is 5.11 Å². The Hall–Kier alpha value is -1.22. The summed E-state index contributed by atoms with van der Waals surface area (Å²) in [5, 5.41) is 18.0. The van der Waals surface area contributed by atoms with E-state index in [0.29, 0.717) is 5.75 Å². The van der Waals surface area contributed by atoms with Crippen molar-refractivity contribution in [2.75, 3.05) is 13.7 Å². The van der Waals surface area contributed by atoms with Crippen molar-refractivity contribution in [3.05, 3.63) is 23.8 Å². The number of aliphatic hydroxyl groups is 1. The van der Waals surface area contributed by atoms with Gasteiger partial charge < -0.3 is 14.9 Å². The first-order valence-electron chi connectivity index (χ1n) is 4.74. The number of hydrogen-bond donors (Lipinski definition) is 2. The standard InChI is InChI=1S/C11H16O3/c1-14-11-8-9(4-2-3-7-12)5-6-10(11)13/h5-6,8,12-13H,2-4,7H2,1H3. The van der Waals surface area contributed by atoms with E-state index in [4.69, 9.17) is 9.84 Å². The Labute approximate surface area is 84.0 Å². The Bertz CT molecular complexity index is 284. The summed E-state index contributed by atoms with van der Waals surface area (Å²) < 4.78 is 4.99. The number of ether oxygens (including phenoxy) is 1. The van der Waals surface area contributed by atoms with E-state index < -0.39 is 0 Å². The molecule has 0 saturated carbocycles. The molecule has 0 aliphatic heterocycles. The van der Waals surface area contributed by atoms with Gasteiger partial charge in [-0.3, -0.25) is 0 Å². The monoisotopic (exact) mass is 196 g/mol. The first-order valence-corrected chi connectivity index (χ1v) is 4.74. The minimum atomic E-state index is 0.165. The van der Waals surface area contributed by atoms with Crippen molar-refractivity contribution in [2.45, 2.75) is 19.3 Å². The van der Waals surface area contributed by atoms with Crippen molar-refractivity contribution >= 4 is 0 Å². The molecule has 0 heterocycles. The van der Waals surface area contributed by atoms with Gasteiger partial charge in [-0.1, -0.05) is 6.07 Å². The van der Waals surface area contributed by atoms with Gasteiger partial charge in [-0.15, -0.1) is 0 Å². The zero-order valence-corrected chi connectivity index (χ0v) is 8.36. The van der Waals surface area contributed by atoms with Crippen molar-refractivity contribution in [1.82, 2.24) is 0 Å². The molecule has 0 fully saturated rings. The molecule has 0 aliphatic rings. The highest BCUT2D eigenvalue weighted by atomic mass is 16.5. The van der Waals surface area contributed by atoms with Gasteiger partial charge in [-0.2, -0.15) is 0 Å². The molecule has 1 aromatic carbocycles. The third-order valence-corrected chi connectivity index (χ3v) is 2.12. The lowest BCUT2D eigenvalue weighted by molar-refractivity contribution is 0.284. The number of methoxy groups -OCH3 is 1. The van der Waals surface area contributed by atoms with Crippen LogP contribution in [0.4, 0.5) is 0 Å². The summed E-state index contributed by atoms with van der Waals surface area (Å²) in [5.74, 6) is 0.671. The summed E-state index contributed by atoms with van der Waals surface area (Å²) in [6, 6.07) is 5.33. The molecular formula is C11H16O3. The van der Waals surface area contributed by atoms with Gasteiger partial charge in [0.05, 0.1) is 7.11 Å². The maximum absolute atomic E-state index is 9.34. The molecule has 1 aromatic rings.